The molecule has 2 amide bonds. The molecule has 1 saturated heterocycles. The Morgan fingerprint density at radius 2 is 2.33 bits per heavy atom. The Labute approximate surface area is 146 Å². The van der Waals surface area contributed by atoms with Gasteiger partial charge in [0.2, 0.25) is 6.41 Å². The maximum absolute atomic E-state index is 12.1. The summed E-state index contributed by atoms with van der Waals surface area (Å²) in [5.41, 5.74) is 0.752. The number of nitrogens with one attached hydrogen (secondary N) is 1. The fraction of sp³-hybridized carbons (Fsp3) is 0.200. The molecule has 0 radical (unpaired) electrons. The summed E-state index contributed by atoms with van der Waals surface area (Å²) in [5, 5.41) is 13.3. The summed E-state index contributed by atoms with van der Waals surface area (Å²) < 4.78 is 0. The molecule has 124 valence electrons. The zero-order valence-electron chi connectivity index (χ0n) is 12.3. The Bertz CT molecular complexity index is 735. The molecule has 0 aromatic carbocycles. The number of hydrogen-bond donors (Lipinski definition) is 2. The molecule has 0 spiro atoms. The van der Waals surface area contributed by atoms with Gasteiger partial charge in [-0.3, -0.25) is 19.5 Å². The zero-order valence-corrected chi connectivity index (χ0v) is 13.9. The van der Waals surface area contributed by atoms with Gasteiger partial charge in [-0.05, 0) is 23.6 Å². The standard InChI is InChI=1S/C15H13N3O4S2/c19-8-17-11-13(20)18-12(15(21)22)10(7-24-14(11)18)23-6-4-9-3-1-2-5-16-9/h1-6,8,11,14H,7H2,(H,17,19)(H,21,22)/b6-4+/t11?,14-/m1/s1. The van der Waals surface area contributed by atoms with Crippen molar-refractivity contribution in [3.63, 3.8) is 0 Å². The van der Waals surface area contributed by atoms with Crippen LogP contribution in [0.25, 0.3) is 6.08 Å². The van der Waals surface area contributed by atoms with Gasteiger partial charge in [-0.2, -0.15) is 0 Å². The van der Waals surface area contributed by atoms with Crippen LogP contribution in [0.15, 0.2) is 40.4 Å². The van der Waals surface area contributed by atoms with Gasteiger partial charge in [0, 0.05) is 16.9 Å². The lowest BCUT2D eigenvalue weighted by molar-refractivity contribution is -0.149. The number of nitrogens with zero attached hydrogens (tertiary/aromatic N) is 2. The molecule has 2 N–H and O–H groups in total. The van der Waals surface area contributed by atoms with Crippen LogP contribution in [-0.4, -0.2) is 50.4 Å². The molecule has 3 rings (SSSR count). The van der Waals surface area contributed by atoms with Gasteiger partial charge in [0.15, 0.2) is 0 Å². The number of carbonyl (C=O) groups is 3. The fourth-order valence-corrected chi connectivity index (χ4v) is 4.79. The predicted molar refractivity (Wildman–Crippen MR) is 91.6 cm³/mol. The Balaban J connectivity index is 1.78. The van der Waals surface area contributed by atoms with Gasteiger partial charge in [0.05, 0.1) is 5.69 Å². The molecular formula is C15H13N3O4S2. The van der Waals surface area contributed by atoms with Crippen LogP contribution in [0, 0.1) is 0 Å². The quantitative estimate of drug-likeness (QED) is 0.577. The summed E-state index contributed by atoms with van der Waals surface area (Å²) in [6.45, 7) is 0. The molecule has 2 atom stereocenters. The number of fused-ring (bicyclic) bond motifs is 1. The average Bonchev–Trinajstić information content (AvgIpc) is 2.59. The normalized spacial score (nSPS) is 23.0. The van der Waals surface area contributed by atoms with Crippen LogP contribution in [0.1, 0.15) is 5.69 Å². The average molecular weight is 363 g/mol. The first-order valence-corrected chi connectivity index (χ1v) is 8.91. The van der Waals surface area contributed by atoms with Gasteiger partial charge < -0.3 is 10.4 Å². The topological polar surface area (TPSA) is 99.6 Å². The first-order chi connectivity index (χ1) is 11.6. The highest BCUT2D eigenvalue weighted by Crippen LogP contribution is 2.43. The number of carbonyl (C=O) groups excluding carboxylic acids is 2. The molecule has 0 saturated carbocycles. The zero-order chi connectivity index (χ0) is 17.1. The number of aliphatic carboxylic acids is 1. The van der Waals surface area contributed by atoms with E-state index in [-0.39, 0.29) is 11.1 Å². The van der Waals surface area contributed by atoms with E-state index in [4.69, 9.17) is 0 Å². The SMILES string of the molecule is O=CNC1C(=O)N2C(C(=O)O)=C(S/C=C/c3ccccn3)CS[C@H]12. The van der Waals surface area contributed by atoms with Crippen LogP contribution in [0.4, 0.5) is 0 Å². The summed E-state index contributed by atoms with van der Waals surface area (Å²) in [5.74, 6) is -1.08. The van der Waals surface area contributed by atoms with E-state index in [1.54, 1.807) is 17.7 Å². The number of amides is 2. The van der Waals surface area contributed by atoms with E-state index in [1.807, 2.05) is 18.2 Å². The summed E-state index contributed by atoms with van der Waals surface area (Å²) in [7, 11) is 0. The minimum absolute atomic E-state index is 0.0108. The van der Waals surface area contributed by atoms with Crippen molar-refractivity contribution in [1.29, 1.82) is 0 Å². The number of carboxylic acid groups (broad SMARTS) is 1. The van der Waals surface area contributed by atoms with Crippen molar-refractivity contribution < 1.29 is 19.5 Å². The summed E-state index contributed by atoms with van der Waals surface area (Å²) in [4.78, 5) is 40.2. The Morgan fingerprint density at radius 1 is 1.50 bits per heavy atom. The van der Waals surface area contributed by atoms with Crippen LogP contribution < -0.4 is 5.32 Å². The van der Waals surface area contributed by atoms with Crippen LogP contribution in [0.3, 0.4) is 0 Å². The van der Waals surface area contributed by atoms with Crippen LogP contribution in [-0.2, 0) is 14.4 Å². The lowest BCUT2D eigenvalue weighted by Crippen LogP contribution is -2.69. The number of thioether (sulfide) groups is 2. The van der Waals surface area contributed by atoms with Gasteiger partial charge in [-0.1, -0.05) is 17.8 Å². The van der Waals surface area contributed by atoms with E-state index in [1.165, 1.54) is 28.4 Å². The highest BCUT2D eigenvalue weighted by Gasteiger charge is 2.53. The lowest BCUT2D eigenvalue weighted by Gasteiger charge is -2.48. The van der Waals surface area contributed by atoms with Crippen molar-refractivity contribution in [2.45, 2.75) is 11.4 Å². The smallest absolute Gasteiger partial charge is 0.353 e. The molecule has 0 aliphatic carbocycles. The second-order valence-electron chi connectivity index (χ2n) is 4.92. The van der Waals surface area contributed by atoms with Crippen molar-refractivity contribution in [2.75, 3.05) is 5.75 Å². The number of carboxylic acids is 1. The Kier molecular flexibility index (Phi) is 4.91. The minimum atomic E-state index is -1.15. The molecule has 1 aromatic rings. The minimum Gasteiger partial charge on any atom is -0.477 e. The van der Waals surface area contributed by atoms with E-state index < -0.39 is 17.9 Å². The second-order valence-corrected chi connectivity index (χ2v) is 7.03. The molecular weight excluding hydrogens is 350 g/mol. The van der Waals surface area contributed by atoms with E-state index in [9.17, 15) is 19.5 Å². The lowest BCUT2D eigenvalue weighted by atomic mass is 10.1. The van der Waals surface area contributed by atoms with E-state index in [2.05, 4.69) is 10.3 Å². The first kappa shape index (κ1) is 16.6. The van der Waals surface area contributed by atoms with E-state index in [0.717, 1.165) is 5.69 Å². The maximum Gasteiger partial charge on any atom is 0.353 e. The highest BCUT2D eigenvalue weighted by molar-refractivity contribution is 8.08. The van der Waals surface area contributed by atoms with E-state index in [0.29, 0.717) is 17.1 Å². The van der Waals surface area contributed by atoms with Crippen molar-refractivity contribution in [3.8, 4) is 0 Å². The summed E-state index contributed by atoms with van der Waals surface area (Å²) in [6, 6.07) is 4.85. The predicted octanol–water partition coefficient (Wildman–Crippen LogP) is 1.11. The van der Waals surface area contributed by atoms with Crippen molar-refractivity contribution in [1.82, 2.24) is 15.2 Å². The summed E-state index contributed by atoms with van der Waals surface area (Å²) in [6.07, 6.45) is 3.92. The number of pyridine rings is 1. The van der Waals surface area contributed by atoms with Gasteiger partial charge in [0.1, 0.15) is 17.1 Å². The largest absolute Gasteiger partial charge is 0.477 e. The van der Waals surface area contributed by atoms with Gasteiger partial charge >= 0.3 is 5.97 Å². The van der Waals surface area contributed by atoms with Gasteiger partial charge in [-0.25, -0.2) is 4.79 Å². The third-order valence-electron chi connectivity index (χ3n) is 3.52. The molecule has 0 bridgehead atoms. The van der Waals surface area contributed by atoms with Crippen LogP contribution in [0.2, 0.25) is 0 Å². The molecule has 1 unspecified atom stereocenters. The molecule has 24 heavy (non-hydrogen) atoms. The molecule has 2 aliphatic heterocycles. The molecule has 7 nitrogen and oxygen atoms in total. The van der Waals surface area contributed by atoms with Crippen LogP contribution >= 0.6 is 23.5 Å². The Morgan fingerprint density at radius 3 is 3.00 bits per heavy atom. The van der Waals surface area contributed by atoms with Crippen molar-refractivity contribution in [2.24, 2.45) is 0 Å². The molecule has 9 heteroatoms. The molecule has 2 aliphatic rings. The number of aromatic nitrogens is 1. The van der Waals surface area contributed by atoms with Crippen molar-refractivity contribution in [3.05, 3.63) is 46.1 Å². The second kappa shape index (κ2) is 7.10. The van der Waals surface area contributed by atoms with Crippen LogP contribution in [0.5, 0.6) is 0 Å². The number of rotatable bonds is 6. The fourth-order valence-electron chi connectivity index (χ4n) is 2.44. The third kappa shape index (κ3) is 3.04. The van der Waals surface area contributed by atoms with E-state index >= 15 is 0 Å². The number of β-lactam (4-membered cyclic amide) rings is 1. The van der Waals surface area contributed by atoms with Crippen molar-refractivity contribution >= 4 is 47.9 Å². The third-order valence-corrected chi connectivity index (χ3v) is 5.88. The van der Waals surface area contributed by atoms with Gasteiger partial charge in [-0.15, -0.1) is 11.8 Å². The van der Waals surface area contributed by atoms with Gasteiger partial charge in [0.25, 0.3) is 5.91 Å². The monoisotopic (exact) mass is 363 g/mol. The molecule has 1 fully saturated rings. The highest BCUT2D eigenvalue weighted by atomic mass is 32.2. The first-order valence-electron chi connectivity index (χ1n) is 6.98. The Hall–Kier alpha value is -2.26. The summed E-state index contributed by atoms with van der Waals surface area (Å²) >= 11 is 2.69. The number of hydrogen-bond acceptors (Lipinski definition) is 6. The molecule has 3 heterocycles. The molecule has 1 aromatic heterocycles. The maximum atomic E-state index is 12.1.